The van der Waals surface area contributed by atoms with Crippen molar-refractivity contribution < 1.29 is 4.48 Å². The minimum absolute atomic E-state index is 0.994. The van der Waals surface area contributed by atoms with Gasteiger partial charge in [-0.15, -0.1) is 0 Å². The van der Waals surface area contributed by atoms with E-state index in [1.807, 2.05) is 0 Å². The summed E-state index contributed by atoms with van der Waals surface area (Å²) in [4.78, 5) is 2.71. The minimum Gasteiger partial charge on any atom is -0.324 e. The highest BCUT2D eigenvalue weighted by molar-refractivity contribution is 5.03. The lowest BCUT2D eigenvalue weighted by molar-refractivity contribution is -0.916. The van der Waals surface area contributed by atoms with Crippen LogP contribution in [0.2, 0.25) is 0 Å². The van der Waals surface area contributed by atoms with E-state index >= 15 is 0 Å². The van der Waals surface area contributed by atoms with Crippen LogP contribution in [0, 0.1) is 35.5 Å². The zero-order valence-electron chi connectivity index (χ0n) is 16.4. The third-order valence-electron chi connectivity index (χ3n) is 8.51. The first-order valence-electron chi connectivity index (χ1n) is 10.7. The van der Waals surface area contributed by atoms with Gasteiger partial charge in [0.1, 0.15) is 0 Å². The molecule has 4 rings (SSSR count). The largest absolute Gasteiger partial charge is 0.324 e. The van der Waals surface area contributed by atoms with Crippen LogP contribution in [0.1, 0.15) is 53.9 Å². The van der Waals surface area contributed by atoms with E-state index in [1.165, 1.54) is 56.7 Å². The van der Waals surface area contributed by atoms with E-state index in [1.54, 1.807) is 12.8 Å². The monoisotopic (exact) mass is 321 g/mol. The van der Waals surface area contributed by atoms with E-state index in [9.17, 15) is 0 Å². The molecule has 0 aromatic rings. The van der Waals surface area contributed by atoms with Gasteiger partial charge in [0, 0.05) is 18.4 Å². The van der Waals surface area contributed by atoms with Crippen molar-refractivity contribution in [2.75, 3.05) is 45.8 Å². The summed E-state index contributed by atoms with van der Waals surface area (Å²) in [5.74, 6) is 6.21. The Morgan fingerprint density at radius 2 is 1.26 bits per heavy atom. The Kier molecular flexibility index (Phi) is 5.43. The lowest BCUT2D eigenvalue weighted by Crippen LogP contribution is -2.53. The average Bonchev–Trinajstić information content (AvgIpc) is 3.01. The maximum absolute atomic E-state index is 2.71. The molecule has 0 amide bonds. The van der Waals surface area contributed by atoms with E-state index in [0.29, 0.717) is 0 Å². The van der Waals surface area contributed by atoms with Crippen molar-refractivity contribution in [1.82, 2.24) is 4.90 Å². The van der Waals surface area contributed by atoms with Crippen molar-refractivity contribution in [2.45, 2.75) is 53.9 Å². The predicted molar refractivity (Wildman–Crippen MR) is 99.3 cm³/mol. The van der Waals surface area contributed by atoms with Gasteiger partial charge < -0.3 is 9.38 Å². The molecule has 6 atom stereocenters. The van der Waals surface area contributed by atoms with Crippen LogP contribution in [-0.4, -0.2) is 55.2 Å². The van der Waals surface area contributed by atoms with E-state index in [4.69, 9.17) is 0 Å². The average molecular weight is 322 g/mol. The lowest BCUT2D eigenvalue weighted by Gasteiger charge is -2.54. The molecule has 0 spiro atoms. The van der Waals surface area contributed by atoms with E-state index in [2.05, 4.69) is 39.5 Å². The van der Waals surface area contributed by atoms with Crippen molar-refractivity contribution in [2.24, 2.45) is 35.5 Å². The van der Waals surface area contributed by atoms with Gasteiger partial charge in [-0.1, -0.05) is 27.2 Å². The molecule has 0 aromatic carbocycles. The first kappa shape index (κ1) is 17.7. The summed E-state index contributed by atoms with van der Waals surface area (Å²) >= 11 is 0. The van der Waals surface area contributed by atoms with E-state index in [-0.39, 0.29) is 0 Å². The van der Waals surface area contributed by atoms with Crippen molar-refractivity contribution in [1.29, 1.82) is 0 Å². The van der Waals surface area contributed by atoms with Gasteiger partial charge in [0.05, 0.1) is 26.2 Å². The fraction of sp³-hybridized carbons (Fsp3) is 1.00. The van der Waals surface area contributed by atoms with Gasteiger partial charge in [0.15, 0.2) is 0 Å². The molecule has 2 bridgehead atoms. The molecule has 0 aromatic heterocycles. The molecule has 2 heteroatoms. The first-order valence-corrected chi connectivity index (χ1v) is 10.7. The van der Waals surface area contributed by atoms with E-state index in [0.717, 1.165) is 35.5 Å². The molecule has 2 nitrogen and oxygen atoms in total. The Morgan fingerprint density at radius 3 is 1.70 bits per heavy atom. The molecular formula is C21H41N2+. The fourth-order valence-corrected chi connectivity index (χ4v) is 7.05. The van der Waals surface area contributed by atoms with Crippen LogP contribution in [-0.2, 0) is 0 Å². The molecule has 1 aliphatic heterocycles. The third kappa shape index (κ3) is 2.88. The Morgan fingerprint density at radius 1 is 0.739 bits per heavy atom. The highest BCUT2D eigenvalue weighted by Crippen LogP contribution is 2.59. The van der Waals surface area contributed by atoms with Crippen LogP contribution in [0.25, 0.3) is 0 Å². The van der Waals surface area contributed by atoms with Crippen molar-refractivity contribution in [3.63, 3.8) is 0 Å². The smallest absolute Gasteiger partial charge is 0.0822 e. The normalized spacial score (nSPS) is 41.5. The second-order valence-corrected chi connectivity index (χ2v) is 8.79. The highest BCUT2D eigenvalue weighted by atomic mass is 15.4. The molecule has 4 aliphatic rings. The van der Waals surface area contributed by atoms with Gasteiger partial charge >= 0.3 is 0 Å². The molecule has 3 aliphatic carbocycles. The third-order valence-corrected chi connectivity index (χ3v) is 8.51. The Labute approximate surface area is 145 Å². The standard InChI is InChI=1S/C21H41N2/c1-6-16-17-11-12-18(19(16)13-22(7-2)8-3)21-15-23(9-4,10-5)14-20(17)21/h16-21H,6-15H2,1-5H3/q+1. The fourth-order valence-electron chi connectivity index (χ4n) is 7.05. The van der Waals surface area contributed by atoms with Gasteiger partial charge in [-0.05, 0) is 63.5 Å². The van der Waals surface area contributed by atoms with Crippen LogP contribution in [0.4, 0.5) is 0 Å². The van der Waals surface area contributed by atoms with Crippen LogP contribution in [0.15, 0.2) is 0 Å². The molecule has 3 saturated carbocycles. The van der Waals surface area contributed by atoms with Crippen LogP contribution >= 0.6 is 0 Å². The Bertz CT molecular complexity index is 385. The topological polar surface area (TPSA) is 3.24 Å². The summed E-state index contributed by atoms with van der Waals surface area (Å²) in [5, 5.41) is 0. The highest BCUT2D eigenvalue weighted by Gasteiger charge is 2.59. The molecular weight excluding hydrogens is 280 g/mol. The van der Waals surface area contributed by atoms with Gasteiger partial charge in [-0.2, -0.15) is 0 Å². The van der Waals surface area contributed by atoms with Crippen molar-refractivity contribution in [3.8, 4) is 0 Å². The number of nitrogens with zero attached hydrogens (tertiary/aromatic N) is 2. The molecule has 6 unspecified atom stereocenters. The zero-order valence-corrected chi connectivity index (χ0v) is 16.4. The molecule has 0 radical (unpaired) electrons. The summed E-state index contributed by atoms with van der Waals surface area (Å²) < 4.78 is 1.43. The zero-order chi connectivity index (χ0) is 16.6. The predicted octanol–water partition coefficient (Wildman–Crippen LogP) is 4.11. The second-order valence-electron chi connectivity index (χ2n) is 8.79. The summed E-state index contributed by atoms with van der Waals surface area (Å²) in [6, 6.07) is 0. The number of hydrogen-bond acceptors (Lipinski definition) is 1. The molecule has 4 fully saturated rings. The first-order chi connectivity index (χ1) is 11.1. The maximum atomic E-state index is 2.71. The van der Waals surface area contributed by atoms with E-state index < -0.39 is 0 Å². The van der Waals surface area contributed by atoms with Crippen molar-refractivity contribution >= 4 is 0 Å². The second kappa shape index (κ2) is 7.04. The molecule has 0 N–H and O–H groups in total. The van der Waals surface area contributed by atoms with Crippen LogP contribution in [0.3, 0.4) is 0 Å². The summed E-state index contributed by atoms with van der Waals surface area (Å²) in [6.07, 6.45) is 4.52. The molecule has 134 valence electrons. The van der Waals surface area contributed by atoms with Crippen molar-refractivity contribution in [3.05, 3.63) is 0 Å². The van der Waals surface area contributed by atoms with Gasteiger partial charge in [-0.3, -0.25) is 0 Å². The molecule has 23 heavy (non-hydrogen) atoms. The minimum atomic E-state index is 0.994. The van der Waals surface area contributed by atoms with Crippen LogP contribution < -0.4 is 0 Å². The lowest BCUT2D eigenvalue weighted by atomic mass is 9.50. The van der Waals surface area contributed by atoms with Gasteiger partial charge in [-0.25, -0.2) is 0 Å². The number of fused-ring (bicyclic) bond motifs is 2. The molecule has 1 heterocycles. The summed E-state index contributed by atoms with van der Waals surface area (Å²) in [5.41, 5.74) is 0. The Hall–Kier alpha value is -0.0800. The van der Waals surface area contributed by atoms with Gasteiger partial charge in [0.25, 0.3) is 0 Å². The SMILES string of the molecule is CCC1C2CCC(C1CN(CC)CC)C1C[N+](CC)(CC)CC21. The Balaban J connectivity index is 1.83. The number of rotatable bonds is 7. The number of likely N-dealkylation sites (tertiary alicyclic amines) is 1. The van der Waals surface area contributed by atoms with Gasteiger partial charge in [0.2, 0.25) is 0 Å². The number of hydrogen-bond donors (Lipinski definition) is 0. The molecule has 1 saturated heterocycles. The van der Waals surface area contributed by atoms with Crippen LogP contribution in [0.5, 0.6) is 0 Å². The quantitative estimate of drug-likeness (QED) is 0.638. The maximum Gasteiger partial charge on any atom is 0.0822 e. The number of quaternary nitrogens is 1. The summed E-state index contributed by atoms with van der Waals surface area (Å²) in [6.45, 7) is 21.6. The summed E-state index contributed by atoms with van der Waals surface area (Å²) in [7, 11) is 0.